The van der Waals surface area contributed by atoms with E-state index >= 15 is 0 Å². The van der Waals surface area contributed by atoms with Crippen LogP contribution in [0.25, 0.3) is 10.8 Å². The Hall–Kier alpha value is -1.63. The highest BCUT2D eigenvalue weighted by molar-refractivity contribution is 7.89. The Balaban J connectivity index is 2.00. The fourth-order valence-electron chi connectivity index (χ4n) is 2.99. The van der Waals surface area contributed by atoms with Gasteiger partial charge in [-0.2, -0.15) is 0 Å². The molecule has 1 atom stereocenters. The molecule has 1 unspecified atom stereocenters. The summed E-state index contributed by atoms with van der Waals surface area (Å²) < 4.78 is 34.0. The van der Waals surface area contributed by atoms with Crippen molar-refractivity contribution in [2.24, 2.45) is 0 Å². The zero-order valence-corrected chi connectivity index (χ0v) is 14.0. The Labute approximate surface area is 137 Å². The lowest BCUT2D eigenvalue weighted by Gasteiger charge is -2.24. The standard InChI is InChI=1S/C17H22N2O3S/c1-2-22-16-9-10-17(15-8-4-3-7-14(15)16)23(20,21)19-13-6-5-11-18-12-13/h3-4,7-10,13,18-19H,2,5-6,11-12H2,1H3. The zero-order chi connectivity index (χ0) is 16.3. The molecule has 0 aromatic heterocycles. The van der Waals surface area contributed by atoms with Crippen LogP contribution in [0.15, 0.2) is 41.3 Å². The summed E-state index contributed by atoms with van der Waals surface area (Å²) in [5.74, 6) is 0.710. The predicted octanol–water partition coefficient (Wildman–Crippen LogP) is 2.27. The molecule has 1 fully saturated rings. The van der Waals surface area contributed by atoms with Crippen LogP contribution in [0.2, 0.25) is 0 Å². The summed E-state index contributed by atoms with van der Waals surface area (Å²) >= 11 is 0. The van der Waals surface area contributed by atoms with Gasteiger partial charge in [0.2, 0.25) is 10.0 Å². The number of rotatable bonds is 5. The van der Waals surface area contributed by atoms with Crippen molar-refractivity contribution >= 4 is 20.8 Å². The Morgan fingerprint density at radius 2 is 2.00 bits per heavy atom. The first-order valence-corrected chi connectivity index (χ1v) is 9.47. The van der Waals surface area contributed by atoms with Crippen LogP contribution < -0.4 is 14.8 Å². The summed E-state index contributed by atoms with van der Waals surface area (Å²) in [6.07, 6.45) is 1.85. The van der Waals surface area contributed by atoms with Crippen LogP contribution in [0.1, 0.15) is 19.8 Å². The molecule has 0 bridgehead atoms. The molecule has 0 amide bonds. The van der Waals surface area contributed by atoms with E-state index in [1.165, 1.54) is 0 Å². The van der Waals surface area contributed by atoms with Gasteiger partial charge >= 0.3 is 0 Å². The summed E-state index contributed by atoms with van der Waals surface area (Å²) in [4.78, 5) is 0.308. The average Bonchev–Trinajstić information content (AvgIpc) is 2.56. The summed E-state index contributed by atoms with van der Waals surface area (Å²) in [6.45, 7) is 4.08. The summed E-state index contributed by atoms with van der Waals surface area (Å²) in [7, 11) is -3.56. The van der Waals surface area contributed by atoms with Gasteiger partial charge in [0.15, 0.2) is 0 Å². The topological polar surface area (TPSA) is 67.4 Å². The van der Waals surface area contributed by atoms with Gasteiger partial charge in [0.05, 0.1) is 11.5 Å². The first-order chi connectivity index (χ1) is 11.1. The second-order valence-corrected chi connectivity index (χ2v) is 7.39. The highest BCUT2D eigenvalue weighted by atomic mass is 32.2. The van der Waals surface area contributed by atoms with Crippen LogP contribution >= 0.6 is 0 Å². The third-order valence-electron chi connectivity index (χ3n) is 4.05. The second kappa shape index (κ2) is 6.86. The average molecular weight is 334 g/mol. The molecule has 124 valence electrons. The minimum absolute atomic E-state index is 0.0564. The van der Waals surface area contributed by atoms with Crippen LogP contribution in [-0.4, -0.2) is 34.2 Å². The molecule has 0 radical (unpaired) electrons. The number of hydrogen-bond donors (Lipinski definition) is 2. The van der Waals surface area contributed by atoms with Crippen LogP contribution in [0.5, 0.6) is 5.75 Å². The summed E-state index contributed by atoms with van der Waals surface area (Å²) in [5.41, 5.74) is 0. The highest BCUT2D eigenvalue weighted by Gasteiger charge is 2.24. The fraction of sp³-hybridized carbons (Fsp3) is 0.412. The van der Waals surface area contributed by atoms with Crippen molar-refractivity contribution in [2.75, 3.05) is 19.7 Å². The maximum absolute atomic E-state index is 12.8. The zero-order valence-electron chi connectivity index (χ0n) is 13.2. The second-order valence-electron chi connectivity index (χ2n) is 5.70. The molecule has 0 spiro atoms. The monoisotopic (exact) mass is 334 g/mol. The molecule has 1 heterocycles. The first kappa shape index (κ1) is 16.2. The molecule has 1 aliphatic rings. The van der Waals surface area contributed by atoms with Gasteiger partial charge in [0.1, 0.15) is 5.75 Å². The maximum Gasteiger partial charge on any atom is 0.241 e. The Bertz CT molecular complexity index is 784. The van der Waals surface area contributed by atoms with E-state index in [1.807, 2.05) is 31.2 Å². The summed E-state index contributed by atoms with van der Waals surface area (Å²) in [5, 5.41) is 4.73. The molecule has 6 heteroatoms. The Morgan fingerprint density at radius 3 is 2.70 bits per heavy atom. The molecule has 3 rings (SSSR count). The molecule has 0 aliphatic carbocycles. The van der Waals surface area contributed by atoms with Crippen molar-refractivity contribution in [3.63, 3.8) is 0 Å². The van der Waals surface area contributed by atoms with Gasteiger partial charge in [-0.15, -0.1) is 0 Å². The van der Waals surface area contributed by atoms with Crippen molar-refractivity contribution in [3.05, 3.63) is 36.4 Å². The molecule has 23 heavy (non-hydrogen) atoms. The van der Waals surface area contributed by atoms with E-state index in [9.17, 15) is 8.42 Å². The van der Waals surface area contributed by atoms with Crippen LogP contribution in [0.3, 0.4) is 0 Å². The normalized spacial score (nSPS) is 18.9. The number of nitrogens with one attached hydrogen (secondary N) is 2. The number of fused-ring (bicyclic) bond motifs is 1. The maximum atomic E-state index is 12.8. The van der Waals surface area contributed by atoms with Crippen molar-refractivity contribution in [1.29, 1.82) is 0 Å². The van der Waals surface area contributed by atoms with E-state index in [0.717, 1.165) is 24.8 Å². The van der Waals surface area contributed by atoms with E-state index in [0.29, 0.717) is 29.2 Å². The Kier molecular flexibility index (Phi) is 4.84. The number of benzene rings is 2. The minimum Gasteiger partial charge on any atom is -0.493 e. The molecule has 2 aromatic carbocycles. The lowest BCUT2D eigenvalue weighted by atomic mass is 10.1. The van der Waals surface area contributed by atoms with E-state index in [4.69, 9.17) is 4.74 Å². The number of piperidine rings is 1. The van der Waals surface area contributed by atoms with Gasteiger partial charge in [0.25, 0.3) is 0 Å². The molecular formula is C17H22N2O3S. The minimum atomic E-state index is -3.56. The van der Waals surface area contributed by atoms with Gasteiger partial charge in [-0.05, 0) is 38.4 Å². The third-order valence-corrected chi connectivity index (χ3v) is 5.63. The van der Waals surface area contributed by atoms with Gasteiger partial charge in [-0.3, -0.25) is 0 Å². The van der Waals surface area contributed by atoms with Gasteiger partial charge in [0, 0.05) is 23.4 Å². The molecule has 5 nitrogen and oxygen atoms in total. The quantitative estimate of drug-likeness (QED) is 0.880. The number of ether oxygens (including phenoxy) is 1. The predicted molar refractivity (Wildman–Crippen MR) is 91.3 cm³/mol. The molecule has 2 N–H and O–H groups in total. The Morgan fingerprint density at radius 1 is 1.22 bits per heavy atom. The van der Waals surface area contributed by atoms with Gasteiger partial charge in [-0.1, -0.05) is 24.3 Å². The molecular weight excluding hydrogens is 312 g/mol. The van der Waals surface area contributed by atoms with Crippen molar-refractivity contribution in [2.45, 2.75) is 30.7 Å². The van der Waals surface area contributed by atoms with E-state index in [-0.39, 0.29) is 6.04 Å². The number of hydrogen-bond acceptors (Lipinski definition) is 4. The van der Waals surface area contributed by atoms with Gasteiger partial charge in [-0.25, -0.2) is 13.1 Å². The largest absolute Gasteiger partial charge is 0.493 e. The fourth-order valence-corrected chi connectivity index (χ4v) is 4.48. The van der Waals surface area contributed by atoms with E-state index in [2.05, 4.69) is 10.0 Å². The lowest BCUT2D eigenvalue weighted by Crippen LogP contribution is -2.45. The van der Waals surface area contributed by atoms with E-state index < -0.39 is 10.0 Å². The third kappa shape index (κ3) is 3.49. The first-order valence-electron chi connectivity index (χ1n) is 7.99. The SMILES string of the molecule is CCOc1ccc(S(=O)(=O)NC2CCCNC2)c2ccccc12. The molecule has 1 aliphatic heterocycles. The highest BCUT2D eigenvalue weighted by Crippen LogP contribution is 2.31. The van der Waals surface area contributed by atoms with Crippen molar-refractivity contribution in [1.82, 2.24) is 10.0 Å². The summed E-state index contributed by atoms with van der Waals surface area (Å²) in [6, 6.07) is 10.8. The molecule has 0 saturated carbocycles. The smallest absolute Gasteiger partial charge is 0.241 e. The molecule has 1 saturated heterocycles. The molecule has 2 aromatic rings. The van der Waals surface area contributed by atoms with Crippen molar-refractivity contribution in [3.8, 4) is 5.75 Å². The van der Waals surface area contributed by atoms with Crippen molar-refractivity contribution < 1.29 is 13.2 Å². The lowest BCUT2D eigenvalue weighted by molar-refractivity contribution is 0.344. The van der Waals surface area contributed by atoms with Crippen LogP contribution in [0, 0.1) is 0 Å². The van der Waals surface area contributed by atoms with E-state index in [1.54, 1.807) is 12.1 Å². The van der Waals surface area contributed by atoms with Crippen LogP contribution in [0.4, 0.5) is 0 Å². The van der Waals surface area contributed by atoms with Crippen LogP contribution in [-0.2, 0) is 10.0 Å². The van der Waals surface area contributed by atoms with Gasteiger partial charge < -0.3 is 10.1 Å². The number of sulfonamides is 1.